The highest BCUT2D eigenvalue weighted by molar-refractivity contribution is 6.29. The Balaban J connectivity index is 1.89. The first kappa shape index (κ1) is 10.7. The molecule has 3 heterocycles. The fourth-order valence-electron chi connectivity index (χ4n) is 1.43. The van der Waals surface area contributed by atoms with Gasteiger partial charge in [0.05, 0.1) is 12.4 Å². The van der Waals surface area contributed by atoms with Gasteiger partial charge in [0.15, 0.2) is 11.5 Å². The predicted octanol–water partition coefficient (Wildman–Crippen LogP) is 1.62. The molecule has 0 saturated heterocycles. The van der Waals surface area contributed by atoms with Gasteiger partial charge < -0.3 is 9.84 Å². The maximum absolute atomic E-state index is 11.7. The Morgan fingerprint density at radius 1 is 1.39 bits per heavy atom. The first-order valence-corrected chi connectivity index (χ1v) is 5.34. The summed E-state index contributed by atoms with van der Waals surface area (Å²) >= 11 is 5.74. The second-order valence-corrected chi connectivity index (χ2v) is 3.80. The molecule has 0 aliphatic carbocycles. The van der Waals surface area contributed by atoms with Crippen molar-refractivity contribution in [2.45, 2.75) is 0 Å². The zero-order valence-electron chi connectivity index (χ0n) is 8.87. The number of rotatable bonds is 2. The van der Waals surface area contributed by atoms with Gasteiger partial charge in [-0.2, -0.15) is 5.10 Å². The zero-order valence-corrected chi connectivity index (χ0v) is 9.63. The van der Waals surface area contributed by atoms with Crippen LogP contribution in [0, 0.1) is 0 Å². The van der Waals surface area contributed by atoms with E-state index in [1.165, 1.54) is 16.8 Å². The molecule has 0 aliphatic rings. The number of imidazole rings is 1. The van der Waals surface area contributed by atoms with Crippen molar-refractivity contribution < 1.29 is 9.32 Å². The summed E-state index contributed by atoms with van der Waals surface area (Å²) in [5, 5.41) is 10.4. The number of nitrogens with one attached hydrogen (secondary N) is 1. The lowest BCUT2D eigenvalue weighted by Crippen LogP contribution is -2.10. The van der Waals surface area contributed by atoms with Crippen molar-refractivity contribution in [1.29, 1.82) is 0 Å². The van der Waals surface area contributed by atoms with Gasteiger partial charge in [0.2, 0.25) is 5.76 Å². The molecule has 0 radical (unpaired) electrons. The average Bonchev–Trinajstić information content (AvgIpc) is 2.95. The van der Waals surface area contributed by atoms with Gasteiger partial charge in [0.25, 0.3) is 5.91 Å². The van der Waals surface area contributed by atoms with Crippen molar-refractivity contribution in [2.24, 2.45) is 0 Å². The van der Waals surface area contributed by atoms with Gasteiger partial charge in [-0.15, -0.1) is 0 Å². The van der Waals surface area contributed by atoms with Crippen LogP contribution in [0.2, 0.25) is 5.15 Å². The number of hydrogen-bond donors (Lipinski definition) is 1. The number of halogens is 1. The summed E-state index contributed by atoms with van der Waals surface area (Å²) < 4.78 is 6.20. The molecule has 0 aromatic carbocycles. The smallest absolute Gasteiger partial charge is 0.295 e. The first-order chi connectivity index (χ1) is 8.72. The van der Waals surface area contributed by atoms with Crippen molar-refractivity contribution in [3.8, 4) is 0 Å². The third kappa shape index (κ3) is 1.91. The standard InChI is InChI=1S/C10H6ClN5O2/c11-7-1-2-9-13-8(5-16(9)15-7)14-10(17)6-3-4-12-18-6/h1-5H,(H,14,17). The van der Waals surface area contributed by atoms with Gasteiger partial charge in [-0.3, -0.25) is 4.79 Å². The number of carbonyl (C=O) groups is 1. The minimum Gasteiger partial charge on any atom is -0.351 e. The predicted molar refractivity (Wildman–Crippen MR) is 62.5 cm³/mol. The van der Waals surface area contributed by atoms with Gasteiger partial charge >= 0.3 is 0 Å². The Kier molecular flexibility index (Phi) is 2.45. The van der Waals surface area contributed by atoms with E-state index in [2.05, 4.69) is 20.6 Å². The molecule has 18 heavy (non-hydrogen) atoms. The molecule has 3 aromatic heterocycles. The van der Waals surface area contributed by atoms with Crippen LogP contribution >= 0.6 is 11.6 Å². The van der Waals surface area contributed by atoms with Crippen LogP contribution in [0.5, 0.6) is 0 Å². The Morgan fingerprint density at radius 2 is 2.28 bits per heavy atom. The number of aromatic nitrogens is 4. The van der Waals surface area contributed by atoms with E-state index >= 15 is 0 Å². The summed E-state index contributed by atoms with van der Waals surface area (Å²) in [4.78, 5) is 15.8. The largest absolute Gasteiger partial charge is 0.351 e. The molecular formula is C10H6ClN5O2. The van der Waals surface area contributed by atoms with Crippen LogP contribution in [0.15, 0.2) is 35.1 Å². The second kappa shape index (κ2) is 4.11. The van der Waals surface area contributed by atoms with Crippen LogP contribution in [0.25, 0.3) is 5.65 Å². The maximum atomic E-state index is 11.7. The van der Waals surface area contributed by atoms with Crippen LogP contribution in [-0.4, -0.2) is 25.7 Å². The quantitative estimate of drug-likeness (QED) is 0.759. The van der Waals surface area contributed by atoms with Gasteiger partial charge in [0, 0.05) is 6.07 Å². The Morgan fingerprint density at radius 3 is 3.06 bits per heavy atom. The Hall–Kier alpha value is -2.41. The van der Waals surface area contributed by atoms with E-state index in [0.717, 1.165) is 0 Å². The normalized spacial score (nSPS) is 10.7. The molecule has 90 valence electrons. The number of hydrogen-bond acceptors (Lipinski definition) is 5. The number of nitrogens with zero attached hydrogens (tertiary/aromatic N) is 4. The lowest BCUT2D eigenvalue weighted by Gasteiger charge is -1.95. The Bertz CT molecular complexity index is 706. The fourth-order valence-corrected chi connectivity index (χ4v) is 1.57. The van der Waals surface area contributed by atoms with Crippen LogP contribution < -0.4 is 5.32 Å². The highest BCUT2D eigenvalue weighted by Gasteiger charge is 2.12. The summed E-state index contributed by atoms with van der Waals surface area (Å²) in [6.07, 6.45) is 2.94. The van der Waals surface area contributed by atoms with Gasteiger partial charge in [-0.05, 0) is 12.1 Å². The molecule has 0 saturated carbocycles. The van der Waals surface area contributed by atoms with Crippen molar-refractivity contribution in [3.05, 3.63) is 41.5 Å². The number of fused-ring (bicyclic) bond motifs is 1. The van der Waals surface area contributed by atoms with E-state index in [1.54, 1.807) is 18.3 Å². The SMILES string of the molecule is O=C(Nc1cn2nc(Cl)ccc2n1)c1ccno1. The molecule has 0 bridgehead atoms. The molecule has 8 heteroatoms. The minimum absolute atomic E-state index is 0.109. The van der Waals surface area contributed by atoms with E-state index in [9.17, 15) is 4.79 Å². The molecule has 7 nitrogen and oxygen atoms in total. The highest BCUT2D eigenvalue weighted by atomic mass is 35.5. The van der Waals surface area contributed by atoms with Crippen LogP contribution in [-0.2, 0) is 0 Å². The minimum atomic E-state index is -0.429. The molecule has 1 amide bonds. The van der Waals surface area contributed by atoms with Crippen LogP contribution in [0.4, 0.5) is 5.82 Å². The lowest BCUT2D eigenvalue weighted by molar-refractivity contribution is 0.0987. The fraction of sp³-hybridized carbons (Fsp3) is 0. The molecule has 0 aliphatic heterocycles. The number of anilines is 1. The molecule has 0 fully saturated rings. The van der Waals surface area contributed by atoms with E-state index in [1.807, 2.05) is 0 Å². The maximum Gasteiger partial charge on any atom is 0.295 e. The Labute approximate surface area is 105 Å². The third-order valence-electron chi connectivity index (χ3n) is 2.19. The van der Waals surface area contributed by atoms with Crippen molar-refractivity contribution >= 4 is 29.0 Å². The van der Waals surface area contributed by atoms with E-state index in [4.69, 9.17) is 16.1 Å². The molecule has 0 atom stereocenters. The van der Waals surface area contributed by atoms with Crippen molar-refractivity contribution in [3.63, 3.8) is 0 Å². The summed E-state index contributed by atoms with van der Waals surface area (Å²) in [5.74, 6) is 0.0335. The number of amides is 1. The van der Waals surface area contributed by atoms with Gasteiger partial charge in [0.1, 0.15) is 5.15 Å². The molecule has 3 rings (SSSR count). The summed E-state index contributed by atoms with van der Waals surface area (Å²) in [6.45, 7) is 0. The lowest BCUT2D eigenvalue weighted by atomic mass is 10.4. The molecule has 0 spiro atoms. The van der Waals surface area contributed by atoms with Crippen LogP contribution in [0.3, 0.4) is 0 Å². The molecule has 0 unspecified atom stereocenters. The third-order valence-corrected chi connectivity index (χ3v) is 2.39. The molecular weight excluding hydrogens is 258 g/mol. The monoisotopic (exact) mass is 263 g/mol. The van der Waals surface area contributed by atoms with Gasteiger partial charge in [-0.1, -0.05) is 16.8 Å². The second-order valence-electron chi connectivity index (χ2n) is 3.42. The van der Waals surface area contributed by atoms with Crippen LogP contribution in [0.1, 0.15) is 10.6 Å². The van der Waals surface area contributed by atoms with E-state index in [0.29, 0.717) is 16.6 Å². The summed E-state index contributed by atoms with van der Waals surface area (Å²) in [7, 11) is 0. The van der Waals surface area contributed by atoms with E-state index in [-0.39, 0.29) is 5.76 Å². The molecule has 1 N–H and O–H groups in total. The van der Waals surface area contributed by atoms with Gasteiger partial charge in [-0.25, -0.2) is 9.50 Å². The number of carbonyl (C=O) groups excluding carboxylic acids is 1. The van der Waals surface area contributed by atoms with Crippen molar-refractivity contribution in [1.82, 2.24) is 19.8 Å². The summed E-state index contributed by atoms with van der Waals surface area (Å²) in [5.41, 5.74) is 0.576. The average molecular weight is 264 g/mol. The highest BCUT2D eigenvalue weighted by Crippen LogP contribution is 2.12. The first-order valence-electron chi connectivity index (χ1n) is 4.96. The topological polar surface area (TPSA) is 85.3 Å². The zero-order chi connectivity index (χ0) is 12.5. The van der Waals surface area contributed by atoms with E-state index < -0.39 is 5.91 Å². The van der Waals surface area contributed by atoms with Crippen molar-refractivity contribution in [2.75, 3.05) is 5.32 Å². The molecule has 3 aromatic rings. The summed E-state index contributed by atoms with van der Waals surface area (Å²) in [6, 6.07) is 4.77.